The van der Waals surface area contributed by atoms with Crippen LogP contribution in [-0.4, -0.2) is 61.5 Å². The Balaban J connectivity index is 1.17. The Morgan fingerprint density at radius 2 is 1.60 bits per heavy atom. The van der Waals surface area contributed by atoms with E-state index in [1.807, 2.05) is 102 Å². The number of nitrogens with zero attached hydrogens (tertiary/aromatic N) is 6. The Morgan fingerprint density at radius 1 is 0.849 bits per heavy atom. The van der Waals surface area contributed by atoms with Crippen molar-refractivity contribution in [2.45, 2.75) is 45.8 Å². The van der Waals surface area contributed by atoms with Gasteiger partial charge >= 0.3 is 6.09 Å². The maximum Gasteiger partial charge on any atom is 0.415 e. The van der Waals surface area contributed by atoms with E-state index in [1.54, 1.807) is 29.1 Å². The van der Waals surface area contributed by atoms with Crippen molar-refractivity contribution < 1.29 is 19.1 Å². The molecule has 10 nitrogen and oxygen atoms in total. The highest BCUT2D eigenvalue weighted by Gasteiger charge is 2.33. The summed E-state index contributed by atoms with van der Waals surface area (Å²) in [6.45, 7) is 5.29. The first-order valence-electron chi connectivity index (χ1n) is 18.0. The summed E-state index contributed by atoms with van der Waals surface area (Å²) < 4.78 is 9.82. The first kappa shape index (κ1) is 34.0. The minimum atomic E-state index is -0.450. The number of ether oxygens (including phenoxy) is 1. The van der Waals surface area contributed by atoms with E-state index in [2.05, 4.69) is 30.1 Å². The highest BCUT2D eigenvalue weighted by Crippen LogP contribution is 2.36. The summed E-state index contributed by atoms with van der Waals surface area (Å²) in [6.07, 6.45) is 4.43. The number of para-hydroxylation sites is 1. The molecule has 10 heteroatoms. The normalized spacial score (nSPS) is 15.2. The van der Waals surface area contributed by atoms with Gasteiger partial charge in [-0.3, -0.25) is 9.59 Å². The van der Waals surface area contributed by atoms with Crippen molar-refractivity contribution in [1.82, 2.24) is 23.9 Å². The molecule has 0 radical (unpaired) electrons. The first-order valence-corrected chi connectivity index (χ1v) is 18.0. The highest BCUT2D eigenvalue weighted by atomic mass is 16.6. The summed E-state index contributed by atoms with van der Waals surface area (Å²) >= 11 is 0. The molecule has 6 aromatic rings. The second-order valence-corrected chi connectivity index (χ2v) is 14.2. The van der Waals surface area contributed by atoms with Gasteiger partial charge in [-0.25, -0.2) is 9.78 Å². The van der Waals surface area contributed by atoms with Crippen LogP contribution in [0.3, 0.4) is 0 Å². The van der Waals surface area contributed by atoms with E-state index in [-0.39, 0.29) is 17.9 Å². The van der Waals surface area contributed by atoms with Gasteiger partial charge in [0.15, 0.2) is 0 Å². The van der Waals surface area contributed by atoms with Gasteiger partial charge in [0.1, 0.15) is 11.4 Å². The van der Waals surface area contributed by atoms with E-state index in [0.717, 1.165) is 56.8 Å². The number of carbonyl (C=O) groups excluding carboxylic acids is 3. The minimum Gasteiger partial charge on any atom is -0.409 e. The lowest BCUT2D eigenvalue weighted by molar-refractivity contribution is 0.0658. The third-order valence-electron chi connectivity index (χ3n) is 11.0. The SMILES string of the molecule is Cc1c(C(=O)N(C)c2ccccc2)cc(-c2cc3c(cc2C(=O)N2Cc4ccccc4C[C@H]2C)CN(C(=O)Oc2ccnc4c2ccn4C)CC3)n1C. The molecule has 5 heterocycles. The van der Waals surface area contributed by atoms with Crippen LogP contribution in [0.4, 0.5) is 10.5 Å². The number of benzene rings is 3. The lowest BCUT2D eigenvalue weighted by Crippen LogP contribution is -2.43. The third-order valence-corrected chi connectivity index (χ3v) is 11.0. The second kappa shape index (κ2) is 13.4. The number of amides is 3. The van der Waals surface area contributed by atoms with E-state index < -0.39 is 6.09 Å². The van der Waals surface area contributed by atoms with Crippen molar-refractivity contribution in [2.24, 2.45) is 14.1 Å². The van der Waals surface area contributed by atoms with Crippen LogP contribution in [0, 0.1) is 6.92 Å². The van der Waals surface area contributed by atoms with Gasteiger partial charge in [0.2, 0.25) is 0 Å². The predicted octanol–water partition coefficient (Wildman–Crippen LogP) is 7.31. The van der Waals surface area contributed by atoms with E-state index >= 15 is 0 Å². The number of hydrogen-bond donors (Lipinski definition) is 0. The van der Waals surface area contributed by atoms with Crippen LogP contribution in [0.15, 0.2) is 97.3 Å². The molecule has 2 aliphatic rings. The van der Waals surface area contributed by atoms with Crippen LogP contribution in [0.1, 0.15) is 55.6 Å². The van der Waals surface area contributed by atoms with Gasteiger partial charge < -0.3 is 28.6 Å². The molecule has 0 bridgehead atoms. The molecule has 0 aliphatic carbocycles. The molecule has 3 aromatic heterocycles. The van der Waals surface area contributed by atoms with Crippen LogP contribution in [0.2, 0.25) is 0 Å². The van der Waals surface area contributed by atoms with Crippen LogP contribution >= 0.6 is 0 Å². The van der Waals surface area contributed by atoms with Crippen molar-refractivity contribution in [1.29, 1.82) is 0 Å². The Bertz CT molecular complexity index is 2410. The zero-order chi connectivity index (χ0) is 37.0. The van der Waals surface area contributed by atoms with Crippen LogP contribution < -0.4 is 9.64 Å². The zero-order valence-corrected chi connectivity index (χ0v) is 30.7. The summed E-state index contributed by atoms with van der Waals surface area (Å²) in [4.78, 5) is 52.1. The Labute approximate surface area is 308 Å². The summed E-state index contributed by atoms with van der Waals surface area (Å²) in [5, 5.41) is 0.765. The molecule has 268 valence electrons. The lowest BCUT2D eigenvalue weighted by Gasteiger charge is -2.36. The van der Waals surface area contributed by atoms with Crippen molar-refractivity contribution in [3.8, 4) is 17.0 Å². The summed E-state index contributed by atoms with van der Waals surface area (Å²) in [5.41, 5.74) is 9.36. The predicted molar refractivity (Wildman–Crippen MR) is 205 cm³/mol. The fraction of sp³-hybridized carbons (Fsp3) is 0.256. The van der Waals surface area contributed by atoms with E-state index in [4.69, 9.17) is 4.74 Å². The Hall–Kier alpha value is -6.16. The number of fused-ring (bicyclic) bond motifs is 3. The van der Waals surface area contributed by atoms with E-state index in [1.165, 1.54) is 5.56 Å². The van der Waals surface area contributed by atoms with Gasteiger partial charge in [0, 0.05) is 93.5 Å². The number of anilines is 1. The topological polar surface area (TPSA) is 92.9 Å². The van der Waals surface area contributed by atoms with Crippen molar-refractivity contribution >= 4 is 34.6 Å². The smallest absolute Gasteiger partial charge is 0.409 e. The molecule has 0 saturated carbocycles. The molecule has 1 atom stereocenters. The molecule has 3 amide bonds. The number of pyridine rings is 1. The molecule has 2 aliphatic heterocycles. The summed E-state index contributed by atoms with van der Waals surface area (Å²) in [7, 11) is 5.62. The molecular weight excluding hydrogens is 665 g/mol. The van der Waals surface area contributed by atoms with Crippen LogP contribution in [0.25, 0.3) is 22.3 Å². The van der Waals surface area contributed by atoms with Gasteiger partial charge in [-0.1, -0.05) is 42.5 Å². The Morgan fingerprint density at radius 3 is 2.40 bits per heavy atom. The Kier molecular flexibility index (Phi) is 8.60. The average Bonchev–Trinajstić information content (AvgIpc) is 3.71. The molecule has 0 spiro atoms. The van der Waals surface area contributed by atoms with Gasteiger partial charge in [-0.05, 0) is 85.3 Å². The fourth-order valence-electron chi connectivity index (χ4n) is 7.77. The zero-order valence-electron chi connectivity index (χ0n) is 30.7. The van der Waals surface area contributed by atoms with Gasteiger partial charge in [-0.2, -0.15) is 0 Å². The first-order chi connectivity index (χ1) is 25.6. The monoisotopic (exact) mass is 706 g/mol. The molecule has 0 fully saturated rings. The van der Waals surface area contributed by atoms with Crippen LogP contribution in [-0.2, 0) is 40.0 Å². The van der Waals surface area contributed by atoms with Crippen molar-refractivity contribution in [2.75, 3.05) is 18.5 Å². The maximum atomic E-state index is 14.8. The van der Waals surface area contributed by atoms with Crippen molar-refractivity contribution in [3.63, 3.8) is 0 Å². The van der Waals surface area contributed by atoms with Crippen molar-refractivity contribution in [3.05, 3.63) is 136 Å². The van der Waals surface area contributed by atoms with Gasteiger partial charge in [-0.15, -0.1) is 0 Å². The molecule has 0 unspecified atom stereocenters. The third kappa shape index (κ3) is 6.03. The summed E-state index contributed by atoms with van der Waals surface area (Å²) in [6, 6.07) is 27.4. The quantitative estimate of drug-likeness (QED) is 0.188. The fourth-order valence-corrected chi connectivity index (χ4v) is 7.77. The maximum absolute atomic E-state index is 14.8. The number of aryl methyl sites for hydroxylation is 1. The van der Waals surface area contributed by atoms with E-state index in [9.17, 15) is 14.4 Å². The lowest BCUT2D eigenvalue weighted by atomic mass is 9.90. The highest BCUT2D eigenvalue weighted by molar-refractivity contribution is 6.08. The standard InChI is InChI=1S/C43H42N6O4/c1-27-21-29-11-9-10-12-31(29)26-49(27)42(51)37-23-32-25-48(43(52)53-39-15-18-44-40-34(39)17-19-45(40)3)20-16-30(32)22-36(37)38-24-35(28(2)46(38)4)41(50)47(5)33-13-7-6-8-14-33/h6-15,17-19,22-24,27H,16,20-21,25-26H2,1-5H3/t27-/m1/s1. The second-order valence-electron chi connectivity index (χ2n) is 14.2. The molecule has 3 aromatic carbocycles. The molecule has 0 N–H and O–H groups in total. The minimum absolute atomic E-state index is 0.0187. The summed E-state index contributed by atoms with van der Waals surface area (Å²) in [5.74, 6) is 0.249. The van der Waals surface area contributed by atoms with E-state index in [0.29, 0.717) is 42.9 Å². The molecule has 0 saturated heterocycles. The number of hydrogen-bond acceptors (Lipinski definition) is 5. The number of aromatic nitrogens is 3. The van der Waals surface area contributed by atoms with Crippen LogP contribution in [0.5, 0.6) is 5.75 Å². The largest absolute Gasteiger partial charge is 0.415 e. The van der Waals surface area contributed by atoms with Gasteiger partial charge in [0.05, 0.1) is 10.9 Å². The number of carbonyl (C=O) groups is 3. The molecule has 8 rings (SSSR count). The average molecular weight is 707 g/mol. The molecular formula is C43H42N6O4. The van der Waals surface area contributed by atoms with Gasteiger partial charge in [0.25, 0.3) is 11.8 Å². The molecule has 53 heavy (non-hydrogen) atoms. The number of rotatable bonds is 5.